The van der Waals surface area contributed by atoms with Crippen LogP contribution < -0.4 is 5.32 Å². The summed E-state index contributed by atoms with van der Waals surface area (Å²) in [5.74, 6) is 0. The summed E-state index contributed by atoms with van der Waals surface area (Å²) >= 11 is 1.33. The van der Waals surface area contributed by atoms with Crippen molar-refractivity contribution in [1.29, 1.82) is 0 Å². The first-order chi connectivity index (χ1) is 8.38. The number of aromatic nitrogens is 2. The van der Waals surface area contributed by atoms with Crippen molar-refractivity contribution in [2.24, 2.45) is 0 Å². The Kier molecular flexibility index (Phi) is 7.81. The van der Waals surface area contributed by atoms with Crippen molar-refractivity contribution in [1.82, 2.24) is 9.59 Å². The molecule has 1 heterocycles. The zero-order valence-electron chi connectivity index (χ0n) is 10.3. The fourth-order valence-corrected chi connectivity index (χ4v) is 1.70. The molecular formula is C10H19N3O3S. The van der Waals surface area contributed by atoms with E-state index in [-0.39, 0.29) is 0 Å². The maximum absolute atomic E-state index is 5.43. The average molecular weight is 261 g/mol. The molecule has 17 heavy (non-hydrogen) atoms. The van der Waals surface area contributed by atoms with Crippen molar-refractivity contribution in [3.8, 4) is 0 Å². The Morgan fingerprint density at radius 2 is 2.00 bits per heavy atom. The zero-order valence-corrected chi connectivity index (χ0v) is 11.1. The summed E-state index contributed by atoms with van der Waals surface area (Å²) in [4.78, 5) is 0. The Bertz CT molecular complexity index is 296. The summed E-state index contributed by atoms with van der Waals surface area (Å²) in [6, 6.07) is 0. The fourth-order valence-electron chi connectivity index (χ4n) is 1.19. The molecule has 0 aliphatic carbocycles. The summed E-state index contributed by atoms with van der Waals surface area (Å²) in [7, 11) is 3.53. The monoisotopic (exact) mass is 261 g/mol. The van der Waals surface area contributed by atoms with Gasteiger partial charge in [0.1, 0.15) is 10.7 Å². The van der Waals surface area contributed by atoms with E-state index < -0.39 is 0 Å². The van der Waals surface area contributed by atoms with Gasteiger partial charge in [0.25, 0.3) is 0 Å². The summed E-state index contributed by atoms with van der Waals surface area (Å²) in [5, 5.41) is 7.94. The first kappa shape index (κ1) is 14.3. The topological polar surface area (TPSA) is 65.5 Å². The molecule has 0 saturated heterocycles. The predicted molar refractivity (Wildman–Crippen MR) is 66.4 cm³/mol. The molecule has 0 saturated carbocycles. The lowest BCUT2D eigenvalue weighted by Gasteiger charge is -2.05. The molecular weight excluding hydrogens is 242 g/mol. The third kappa shape index (κ3) is 5.92. The Morgan fingerprint density at radius 3 is 2.76 bits per heavy atom. The lowest BCUT2D eigenvalue weighted by atomic mass is 10.5. The Morgan fingerprint density at radius 1 is 1.18 bits per heavy atom. The molecule has 1 aromatic rings. The van der Waals surface area contributed by atoms with Crippen LogP contribution in [-0.4, -0.2) is 50.2 Å². The molecule has 0 aromatic carbocycles. The van der Waals surface area contributed by atoms with Gasteiger partial charge in [-0.05, 0) is 6.42 Å². The van der Waals surface area contributed by atoms with Gasteiger partial charge in [0.05, 0.1) is 19.8 Å². The van der Waals surface area contributed by atoms with Crippen molar-refractivity contribution < 1.29 is 14.2 Å². The number of ether oxygens (including phenoxy) is 3. The first-order valence-electron chi connectivity index (χ1n) is 5.52. The molecule has 0 amide bonds. The number of hydrogen-bond acceptors (Lipinski definition) is 7. The molecule has 7 heteroatoms. The minimum atomic E-state index is 0.466. The molecule has 0 aliphatic rings. The number of nitrogens with zero attached hydrogens (tertiary/aromatic N) is 2. The van der Waals surface area contributed by atoms with Gasteiger partial charge in [-0.2, -0.15) is 0 Å². The van der Waals surface area contributed by atoms with E-state index in [1.54, 1.807) is 7.11 Å². The molecule has 0 bridgehead atoms. The molecule has 1 N–H and O–H groups in total. The zero-order chi connectivity index (χ0) is 12.3. The van der Waals surface area contributed by atoms with Crippen molar-refractivity contribution in [3.05, 3.63) is 5.69 Å². The summed E-state index contributed by atoms with van der Waals surface area (Å²) < 4.78 is 19.6. The van der Waals surface area contributed by atoms with Crippen LogP contribution in [0, 0.1) is 0 Å². The van der Waals surface area contributed by atoms with Crippen LogP contribution in [0.3, 0.4) is 0 Å². The van der Waals surface area contributed by atoms with Crippen LogP contribution in [0.15, 0.2) is 0 Å². The van der Waals surface area contributed by atoms with Gasteiger partial charge in [-0.3, -0.25) is 0 Å². The average Bonchev–Trinajstić information content (AvgIpc) is 2.80. The second kappa shape index (κ2) is 9.29. The summed E-state index contributed by atoms with van der Waals surface area (Å²) in [5.41, 5.74) is 0.844. The lowest BCUT2D eigenvalue weighted by Crippen LogP contribution is -2.07. The van der Waals surface area contributed by atoms with E-state index in [0.717, 1.165) is 23.7 Å². The van der Waals surface area contributed by atoms with Gasteiger partial charge >= 0.3 is 0 Å². The van der Waals surface area contributed by atoms with Gasteiger partial charge in [-0.15, -0.1) is 5.10 Å². The summed E-state index contributed by atoms with van der Waals surface area (Å²) in [6.07, 6.45) is 0.913. The molecule has 0 fully saturated rings. The van der Waals surface area contributed by atoms with Crippen LogP contribution in [0.1, 0.15) is 12.1 Å². The molecule has 1 aromatic heterocycles. The van der Waals surface area contributed by atoms with Crippen LogP contribution in [0.4, 0.5) is 5.00 Å². The molecule has 0 aliphatic heterocycles. The molecule has 1 rings (SSSR count). The standard InChI is InChI=1S/C10H19N3O3S/c1-11-10-9(12-13-17-10)8-16-7-6-15-5-3-4-14-2/h11H,3-8H2,1-2H3. The largest absolute Gasteiger partial charge is 0.385 e. The van der Waals surface area contributed by atoms with E-state index >= 15 is 0 Å². The van der Waals surface area contributed by atoms with E-state index in [4.69, 9.17) is 14.2 Å². The highest BCUT2D eigenvalue weighted by Crippen LogP contribution is 2.16. The van der Waals surface area contributed by atoms with Crippen LogP contribution in [-0.2, 0) is 20.8 Å². The number of hydrogen-bond donors (Lipinski definition) is 1. The summed E-state index contributed by atoms with van der Waals surface area (Å²) in [6.45, 7) is 3.06. The van der Waals surface area contributed by atoms with Gasteiger partial charge in [0.2, 0.25) is 0 Å². The van der Waals surface area contributed by atoms with Crippen molar-refractivity contribution >= 4 is 16.5 Å². The second-order valence-corrected chi connectivity index (χ2v) is 4.06. The molecule has 0 atom stereocenters. The SMILES string of the molecule is CNc1snnc1COCCOCCCOC. The number of rotatable bonds is 10. The molecule has 6 nitrogen and oxygen atoms in total. The maximum Gasteiger partial charge on any atom is 0.135 e. The van der Waals surface area contributed by atoms with Gasteiger partial charge in [0.15, 0.2) is 0 Å². The smallest absolute Gasteiger partial charge is 0.135 e. The van der Waals surface area contributed by atoms with Crippen LogP contribution in [0.5, 0.6) is 0 Å². The number of anilines is 1. The number of methoxy groups -OCH3 is 1. The predicted octanol–water partition coefficient (Wildman–Crippen LogP) is 1.15. The van der Waals surface area contributed by atoms with Gasteiger partial charge < -0.3 is 19.5 Å². The second-order valence-electron chi connectivity index (χ2n) is 3.31. The minimum absolute atomic E-state index is 0.466. The third-order valence-corrected chi connectivity index (χ3v) is 2.82. The Labute approximate surface area is 105 Å². The van der Waals surface area contributed by atoms with Crippen molar-refractivity contribution in [3.63, 3.8) is 0 Å². The van der Waals surface area contributed by atoms with Crippen LogP contribution in [0.25, 0.3) is 0 Å². The van der Waals surface area contributed by atoms with E-state index in [0.29, 0.717) is 26.4 Å². The van der Waals surface area contributed by atoms with Gasteiger partial charge in [0, 0.05) is 38.9 Å². The quantitative estimate of drug-likeness (QED) is 0.637. The van der Waals surface area contributed by atoms with Gasteiger partial charge in [-0.1, -0.05) is 4.49 Å². The van der Waals surface area contributed by atoms with Crippen LogP contribution in [0.2, 0.25) is 0 Å². The normalized spacial score (nSPS) is 10.7. The maximum atomic E-state index is 5.43. The minimum Gasteiger partial charge on any atom is -0.385 e. The highest BCUT2D eigenvalue weighted by Gasteiger charge is 2.05. The van der Waals surface area contributed by atoms with E-state index in [1.165, 1.54) is 11.5 Å². The van der Waals surface area contributed by atoms with Gasteiger partial charge in [-0.25, -0.2) is 0 Å². The highest BCUT2D eigenvalue weighted by atomic mass is 32.1. The molecule has 0 spiro atoms. The first-order valence-corrected chi connectivity index (χ1v) is 6.29. The molecule has 0 radical (unpaired) electrons. The van der Waals surface area contributed by atoms with Crippen LogP contribution >= 0.6 is 11.5 Å². The molecule has 98 valence electrons. The Balaban J connectivity index is 1.97. The van der Waals surface area contributed by atoms with E-state index in [1.807, 2.05) is 7.05 Å². The number of nitrogens with one attached hydrogen (secondary N) is 1. The van der Waals surface area contributed by atoms with E-state index in [9.17, 15) is 0 Å². The van der Waals surface area contributed by atoms with Crippen molar-refractivity contribution in [2.45, 2.75) is 13.0 Å². The van der Waals surface area contributed by atoms with E-state index in [2.05, 4.69) is 14.9 Å². The third-order valence-electron chi connectivity index (χ3n) is 2.03. The highest BCUT2D eigenvalue weighted by molar-refractivity contribution is 7.10. The lowest BCUT2D eigenvalue weighted by molar-refractivity contribution is 0.0329. The Hall–Kier alpha value is -0.760. The van der Waals surface area contributed by atoms with Crippen molar-refractivity contribution in [2.75, 3.05) is 45.9 Å². The molecule has 0 unspecified atom stereocenters. The fraction of sp³-hybridized carbons (Fsp3) is 0.800.